The van der Waals surface area contributed by atoms with Gasteiger partial charge in [-0.3, -0.25) is 10.1 Å². The number of ether oxygens (including phenoxy) is 1. The summed E-state index contributed by atoms with van der Waals surface area (Å²) in [5.74, 6) is 0.246. The van der Waals surface area contributed by atoms with E-state index in [9.17, 15) is 18.5 Å². The molecule has 0 saturated carbocycles. The van der Waals surface area contributed by atoms with Crippen LogP contribution in [-0.2, 0) is 10.0 Å². The molecule has 1 N–H and O–H groups in total. The number of likely N-dealkylation sites (N-methyl/N-ethyl adjacent to an activating group) is 1. The van der Waals surface area contributed by atoms with Gasteiger partial charge in [0.1, 0.15) is 5.75 Å². The largest absolute Gasteiger partial charge is 0.497 e. The zero-order valence-corrected chi connectivity index (χ0v) is 13.8. The molecule has 1 unspecified atom stereocenters. The number of nitrogens with zero attached hydrogens (tertiary/aromatic N) is 2. The lowest BCUT2D eigenvalue weighted by Crippen LogP contribution is -2.33. The third-order valence-electron chi connectivity index (χ3n) is 3.54. The van der Waals surface area contributed by atoms with Crippen LogP contribution in [0.2, 0.25) is 0 Å². The molecular weight excluding hydrogens is 334 g/mol. The highest BCUT2D eigenvalue weighted by molar-refractivity contribution is 7.89. The van der Waals surface area contributed by atoms with Crippen LogP contribution >= 0.6 is 12.4 Å². The van der Waals surface area contributed by atoms with Crippen molar-refractivity contribution in [2.24, 2.45) is 0 Å². The lowest BCUT2D eigenvalue weighted by molar-refractivity contribution is -0.387. The predicted octanol–water partition coefficient (Wildman–Crippen LogP) is 1.01. The maximum absolute atomic E-state index is 12.6. The van der Waals surface area contributed by atoms with Crippen molar-refractivity contribution in [3.63, 3.8) is 0 Å². The minimum absolute atomic E-state index is 0. The summed E-state index contributed by atoms with van der Waals surface area (Å²) < 4.78 is 31.3. The number of rotatable bonds is 5. The Morgan fingerprint density at radius 3 is 2.64 bits per heavy atom. The topological polar surface area (TPSA) is 102 Å². The van der Waals surface area contributed by atoms with Gasteiger partial charge in [0.25, 0.3) is 5.69 Å². The average molecular weight is 352 g/mol. The quantitative estimate of drug-likeness (QED) is 0.627. The van der Waals surface area contributed by atoms with Crippen LogP contribution in [-0.4, -0.2) is 50.9 Å². The Hall–Kier alpha value is -1.42. The third-order valence-corrected chi connectivity index (χ3v) is 5.45. The summed E-state index contributed by atoms with van der Waals surface area (Å²) in [6.07, 6.45) is 0.680. The van der Waals surface area contributed by atoms with Crippen LogP contribution in [0.3, 0.4) is 0 Å². The maximum atomic E-state index is 12.6. The molecule has 1 fully saturated rings. The fourth-order valence-electron chi connectivity index (χ4n) is 2.31. The van der Waals surface area contributed by atoms with Crippen molar-refractivity contribution >= 4 is 28.1 Å². The van der Waals surface area contributed by atoms with Crippen molar-refractivity contribution in [1.82, 2.24) is 9.62 Å². The first-order valence-electron chi connectivity index (χ1n) is 6.40. The summed E-state index contributed by atoms with van der Waals surface area (Å²) in [7, 11) is -0.759. The van der Waals surface area contributed by atoms with Gasteiger partial charge in [0, 0.05) is 19.1 Å². The second-order valence-electron chi connectivity index (χ2n) is 4.73. The molecule has 0 aliphatic carbocycles. The number of nitrogens with one attached hydrogen (secondary N) is 1. The molecule has 1 atom stereocenters. The second kappa shape index (κ2) is 7.23. The summed E-state index contributed by atoms with van der Waals surface area (Å²) >= 11 is 0. The van der Waals surface area contributed by atoms with Gasteiger partial charge in [0.2, 0.25) is 10.0 Å². The van der Waals surface area contributed by atoms with Crippen molar-refractivity contribution in [1.29, 1.82) is 0 Å². The number of nitro benzene ring substituents is 1. The Morgan fingerprint density at radius 2 is 2.14 bits per heavy atom. The molecule has 1 heterocycles. The van der Waals surface area contributed by atoms with E-state index in [1.807, 2.05) is 0 Å². The molecule has 0 radical (unpaired) electrons. The fraction of sp³-hybridized carbons (Fsp3) is 0.500. The number of halogens is 1. The minimum Gasteiger partial charge on any atom is -0.497 e. The van der Waals surface area contributed by atoms with E-state index in [0.29, 0.717) is 19.5 Å². The van der Waals surface area contributed by atoms with E-state index in [-0.39, 0.29) is 29.1 Å². The van der Waals surface area contributed by atoms with E-state index < -0.39 is 20.6 Å². The molecule has 0 aromatic heterocycles. The number of sulfonamides is 1. The fourth-order valence-corrected chi connectivity index (χ4v) is 3.94. The normalized spacial score (nSPS) is 18.7. The Labute approximate surface area is 135 Å². The lowest BCUT2D eigenvalue weighted by atomic mass is 10.3. The van der Waals surface area contributed by atoms with E-state index in [0.717, 1.165) is 6.07 Å². The molecule has 2 rings (SSSR count). The van der Waals surface area contributed by atoms with Crippen molar-refractivity contribution in [3.8, 4) is 5.75 Å². The summed E-state index contributed by atoms with van der Waals surface area (Å²) in [5.41, 5.74) is -0.470. The molecule has 8 nitrogen and oxygen atoms in total. The van der Waals surface area contributed by atoms with Gasteiger partial charge in [-0.25, -0.2) is 8.42 Å². The Kier molecular flexibility index (Phi) is 6.12. The van der Waals surface area contributed by atoms with E-state index in [2.05, 4.69) is 5.32 Å². The molecule has 1 aliphatic heterocycles. The smallest absolute Gasteiger partial charge is 0.293 e. The lowest BCUT2D eigenvalue weighted by Gasteiger charge is -2.16. The molecule has 124 valence electrons. The molecule has 1 aromatic rings. The van der Waals surface area contributed by atoms with Crippen LogP contribution in [0.25, 0.3) is 0 Å². The first kappa shape index (κ1) is 18.6. The van der Waals surface area contributed by atoms with Gasteiger partial charge in [-0.05, 0) is 25.6 Å². The van der Waals surface area contributed by atoms with Gasteiger partial charge in [0.05, 0.1) is 18.1 Å². The van der Waals surface area contributed by atoms with Crippen LogP contribution in [0.4, 0.5) is 5.69 Å². The van der Waals surface area contributed by atoms with Crippen molar-refractivity contribution in [3.05, 3.63) is 28.3 Å². The molecule has 1 saturated heterocycles. The van der Waals surface area contributed by atoms with Crippen LogP contribution in [0, 0.1) is 10.1 Å². The summed E-state index contributed by atoms with van der Waals surface area (Å²) in [5, 5.41) is 14.1. The van der Waals surface area contributed by atoms with Crippen LogP contribution < -0.4 is 10.1 Å². The molecule has 1 aliphatic rings. The van der Waals surface area contributed by atoms with Crippen molar-refractivity contribution in [2.45, 2.75) is 17.4 Å². The molecule has 0 bridgehead atoms. The molecule has 22 heavy (non-hydrogen) atoms. The first-order valence-corrected chi connectivity index (χ1v) is 7.84. The van der Waals surface area contributed by atoms with E-state index in [1.54, 1.807) is 7.05 Å². The average Bonchev–Trinajstić information content (AvgIpc) is 2.96. The highest BCUT2D eigenvalue weighted by atomic mass is 35.5. The van der Waals surface area contributed by atoms with Crippen LogP contribution in [0.15, 0.2) is 23.1 Å². The summed E-state index contributed by atoms with van der Waals surface area (Å²) in [6, 6.07) is 3.82. The minimum atomic E-state index is -3.89. The number of hydrogen-bond acceptors (Lipinski definition) is 6. The zero-order chi connectivity index (χ0) is 15.6. The Bertz CT molecular complexity index is 652. The van der Waals surface area contributed by atoms with Crippen molar-refractivity contribution in [2.75, 3.05) is 27.2 Å². The Balaban J connectivity index is 0.00000242. The van der Waals surface area contributed by atoms with Gasteiger partial charge in [0.15, 0.2) is 4.90 Å². The maximum Gasteiger partial charge on any atom is 0.293 e. The second-order valence-corrected chi connectivity index (χ2v) is 6.63. The SMILES string of the molecule is CNC1CCN(S(=O)(=O)c2ccc(OC)cc2[N+](=O)[O-])C1.Cl. The molecule has 0 spiro atoms. The molecule has 10 heteroatoms. The highest BCUT2D eigenvalue weighted by Crippen LogP contribution is 2.31. The molecule has 1 aromatic carbocycles. The van der Waals surface area contributed by atoms with E-state index >= 15 is 0 Å². The third kappa shape index (κ3) is 3.49. The van der Waals surface area contributed by atoms with Gasteiger partial charge in [-0.1, -0.05) is 0 Å². The van der Waals surface area contributed by atoms with Crippen molar-refractivity contribution < 1.29 is 18.1 Å². The standard InChI is InChI=1S/C12H17N3O5S.ClH/c1-13-9-5-6-14(8-9)21(18,19)12-4-3-10(20-2)7-11(12)15(16)17;/h3-4,7,9,13H,5-6,8H2,1-2H3;1H. The molecule has 0 amide bonds. The zero-order valence-electron chi connectivity index (χ0n) is 12.2. The van der Waals surface area contributed by atoms with Gasteiger partial charge >= 0.3 is 0 Å². The number of benzene rings is 1. The number of nitro groups is 1. The van der Waals surface area contributed by atoms with Crippen LogP contribution in [0.1, 0.15) is 6.42 Å². The first-order chi connectivity index (χ1) is 9.90. The summed E-state index contributed by atoms with van der Waals surface area (Å²) in [4.78, 5) is 10.1. The highest BCUT2D eigenvalue weighted by Gasteiger charge is 2.36. The monoisotopic (exact) mass is 351 g/mol. The van der Waals surface area contributed by atoms with Gasteiger partial charge in [-0.2, -0.15) is 4.31 Å². The van der Waals surface area contributed by atoms with E-state index in [1.165, 1.54) is 23.5 Å². The van der Waals surface area contributed by atoms with Crippen LogP contribution in [0.5, 0.6) is 5.75 Å². The predicted molar refractivity (Wildman–Crippen MR) is 83.1 cm³/mol. The Morgan fingerprint density at radius 1 is 1.45 bits per heavy atom. The number of hydrogen-bond donors (Lipinski definition) is 1. The number of methoxy groups -OCH3 is 1. The van der Waals surface area contributed by atoms with E-state index in [4.69, 9.17) is 4.74 Å². The van der Waals surface area contributed by atoms with Gasteiger partial charge in [-0.15, -0.1) is 12.4 Å². The molecular formula is C12H18ClN3O5S. The summed E-state index contributed by atoms with van der Waals surface area (Å²) in [6.45, 7) is 0.652. The van der Waals surface area contributed by atoms with Gasteiger partial charge < -0.3 is 10.1 Å².